The van der Waals surface area contributed by atoms with E-state index >= 15 is 0 Å². The van der Waals surface area contributed by atoms with E-state index in [1.54, 1.807) is 12.3 Å². The first-order valence-electron chi connectivity index (χ1n) is 8.05. The van der Waals surface area contributed by atoms with Crippen molar-refractivity contribution in [3.63, 3.8) is 0 Å². The normalized spacial score (nSPS) is 19.2. The Labute approximate surface area is 139 Å². The Kier molecular flexibility index (Phi) is 3.57. The number of benzene rings is 1. The Morgan fingerprint density at radius 1 is 1.21 bits per heavy atom. The summed E-state index contributed by atoms with van der Waals surface area (Å²) in [7, 11) is 0. The third kappa shape index (κ3) is 2.67. The van der Waals surface area contributed by atoms with Crippen molar-refractivity contribution in [1.82, 2.24) is 20.6 Å². The number of aliphatic imine (C=N–C) groups is 1. The molecule has 2 aromatic rings. The molecule has 0 bridgehead atoms. The molecule has 1 saturated heterocycles. The Hall–Kier alpha value is -2.67. The molecule has 1 aromatic heterocycles. The molecule has 0 aliphatic carbocycles. The van der Waals surface area contributed by atoms with E-state index in [9.17, 15) is 4.79 Å². The van der Waals surface area contributed by atoms with Crippen molar-refractivity contribution in [3.05, 3.63) is 53.3 Å². The third-order valence-corrected chi connectivity index (χ3v) is 4.54. The zero-order valence-electron chi connectivity index (χ0n) is 13.5. The van der Waals surface area contributed by atoms with Crippen LogP contribution in [0.15, 0.2) is 41.5 Å². The highest BCUT2D eigenvalue weighted by Crippen LogP contribution is 2.31. The van der Waals surface area contributed by atoms with Gasteiger partial charge in [0, 0.05) is 37.7 Å². The van der Waals surface area contributed by atoms with Crippen molar-refractivity contribution < 1.29 is 9.63 Å². The average Bonchev–Trinajstić information content (AvgIpc) is 3.26. The number of nitrogens with zero attached hydrogens (tertiary/aromatic N) is 3. The van der Waals surface area contributed by atoms with Crippen LogP contribution in [0.4, 0.5) is 0 Å². The molecule has 7 heteroatoms. The number of carbonyl (C=O) groups excluding carboxylic acids is 1. The second-order valence-electron chi connectivity index (χ2n) is 6.24. The number of aromatic nitrogens is 2. The highest BCUT2D eigenvalue weighted by molar-refractivity contribution is 5.99. The summed E-state index contributed by atoms with van der Waals surface area (Å²) in [6.45, 7) is 3.26. The number of amides is 1. The van der Waals surface area contributed by atoms with E-state index in [2.05, 4.69) is 34.7 Å². The van der Waals surface area contributed by atoms with Gasteiger partial charge in [0.15, 0.2) is 11.6 Å². The Balaban J connectivity index is 1.45. The van der Waals surface area contributed by atoms with E-state index in [4.69, 9.17) is 9.83 Å². The van der Waals surface area contributed by atoms with Gasteiger partial charge in [0.1, 0.15) is 5.69 Å². The lowest BCUT2D eigenvalue weighted by Gasteiger charge is -2.35. The molecule has 0 radical (unpaired) electrons. The molecule has 1 aromatic carbocycles. The number of carbonyl (C=O) groups is 1. The molecule has 0 atom stereocenters. The van der Waals surface area contributed by atoms with Crippen molar-refractivity contribution in [1.29, 1.82) is 0 Å². The number of aromatic amines is 1. The van der Waals surface area contributed by atoms with Crippen molar-refractivity contribution >= 4 is 11.7 Å². The summed E-state index contributed by atoms with van der Waals surface area (Å²) in [5.41, 5.74) is 5.11. The minimum atomic E-state index is -0.578. The largest absolute Gasteiger partial charge is 0.337 e. The maximum atomic E-state index is 12.3. The number of hydrogen-bond donors (Lipinski definition) is 2. The first-order valence-corrected chi connectivity index (χ1v) is 8.05. The molecule has 1 spiro atoms. The highest BCUT2D eigenvalue weighted by Gasteiger charge is 2.41. The monoisotopic (exact) mass is 325 g/mol. The Morgan fingerprint density at radius 3 is 2.62 bits per heavy atom. The second-order valence-corrected chi connectivity index (χ2v) is 6.24. The number of aryl methyl sites for hydroxylation is 1. The van der Waals surface area contributed by atoms with E-state index < -0.39 is 5.72 Å². The zero-order chi connectivity index (χ0) is 16.6. The van der Waals surface area contributed by atoms with Crippen LogP contribution in [0.1, 0.15) is 34.5 Å². The summed E-state index contributed by atoms with van der Waals surface area (Å²) in [6, 6.07) is 9.85. The van der Waals surface area contributed by atoms with Gasteiger partial charge in [-0.3, -0.25) is 9.89 Å². The highest BCUT2D eigenvalue weighted by atomic mass is 16.7. The number of likely N-dealkylation sites (tertiary alicyclic amines) is 1. The van der Waals surface area contributed by atoms with Crippen LogP contribution >= 0.6 is 0 Å². The van der Waals surface area contributed by atoms with Crippen molar-refractivity contribution in [2.45, 2.75) is 25.5 Å². The van der Waals surface area contributed by atoms with Crippen molar-refractivity contribution in [2.24, 2.45) is 4.99 Å². The van der Waals surface area contributed by atoms with Gasteiger partial charge in [-0.25, -0.2) is 15.3 Å². The van der Waals surface area contributed by atoms with Gasteiger partial charge in [0.2, 0.25) is 0 Å². The molecule has 2 aliphatic heterocycles. The lowest BCUT2D eigenvalue weighted by atomic mass is 10.0. The molecule has 0 saturated carbocycles. The van der Waals surface area contributed by atoms with Crippen LogP contribution in [0.2, 0.25) is 0 Å². The fraction of sp³-hybridized carbons (Fsp3) is 0.353. The molecule has 1 amide bonds. The summed E-state index contributed by atoms with van der Waals surface area (Å²) < 4.78 is 0. The number of H-pyrrole nitrogens is 1. The maximum Gasteiger partial charge on any atom is 0.271 e. The second kappa shape index (κ2) is 5.76. The number of hydrogen-bond acceptors (Lipinski definition) is 5. The minimum absolute atomic E-state index is 0.0314. The molecule has 1 fully saturated rings. The van der Waals surface area contributed by atoms with E-state index in [1.807, 2.05) is 17.0 Å². The van der Waals surface area contributed by atoms with Gasteiger partial charge in [-0.15, -0.1) is 0 Å². The van der Waals surface area contributed by atoms with Crippen LogP contribution in [-0.4, -0.2) is 45.7 Å². The molecular formula is C17H19N5O2. The van der Waals surface area contributed by atoms with Crippen LogP contribution < -0.4 is 5.48 Å². The number of piperidine rings is 1. The number of hydroxylamine groups is 1. The quantitative estimate of drug-likeness (QED) is 0.879. The Bertz CT molecular complexity index is 759. The molecule has 0 unspecified atom stereocenters. The van der Waals surface area contributed by atoms with Crippen LogP contribution in [0.25, 0.3) is 0 Å². The van der Waals surface area contributed by atoms with Crippen LogP contribution in [0.3, 0.4) is 0 Å². The predicted octanol–water partition coefficient (Wildman–Crippen LogP) is 1.63. The molecular weight excluding hydrogens is 306 g/mol. The average molecular weight is 325 g/mol. The van der Waals surface area contributed by atoms with Crippen LogP contribution in [0, 0.1) is 6.92 Å². The number of nitrogens with one attached hydrogen (secondary N) is 2. The van der Waals surface area contributed by atoms with Crippen molar-refractivity contribution in [2.75, 3.05) is 13.1 Å². The maximum absolute atomic E-state index is 12.3. The van der Waals surface area contributed by atoms with Gasteiger partial charge >= 0.3 is 0 Å². The molecule has 2 aliphatic rings. The smallest absolute Gasteiger partial charge is 0.271 e. The van der Waals surface area contributed by atoms with Gasteiger partial charge in [-0.1, -0.05) is 29.8 Å². The zero-order valence-corrected chi connectivity index (χ0v) is 13.5. The summed E-state index contributed by atoms with van der Waals surface area (Å²) in [5, 5.41) is 6.55. The van der Waals surface area contributed by atoms with Crippen LogP contribution in [-0.2, 0) is 4.84 Å². The minimum Gasteiger partial charge on any atom is -0.337 e. The number of rotatable bonds is 2. The molecule has 124 valence electrons. The van der Waals surface area contributed by atoms with Gasteiger partial charge in [-0.2, -0.15) is 5.10 Å². The fourth-order valence-electron chi connectivity index (χ4n) is 3.05. The lowest BCUT2D eigenvalue weighted by Crippen LogP contribution is -2.46. The first kappa shape index (κ1) is 14.9. The standard InChI is InChI=1S/C17H19N5O2/c1-12-2-4-13(5-3-12)15-19-17(24-21-15)7-10-22(11-8-17)16(23)14-6-9-18-20-14/h2-6,9H,7-8,10-11H2,1H3,(H,18,20)(H,19,21). The van der Waals surface area contributed by atoms with Gasteiger partial charge in [-0.05, 0) is 13.0 Å². The molecule has 24 heavy (non-hydrogen) atoms. The number of amidine groups is 1. The summed E-state index contributed by atoms with van der Waals surface area (Å²) in [4.78, 5) is 24.7. The van der Waals surface area contributed by atoms with E-state index in [0.29, 0.717) is 31.6 Å². The topological polar surface area (TPSA) is 82.6 Å². The fourth-order valence-corrected chi connectivity index (χ4v) is 3.05. The van der Waals surface area contributed by atoms with Crippen LogP contribution in [0.5, 0.6) is 0 Å². The lowest BCUT2D eigenvalue weighted by molar-refractivity contribution is -0.0850. The first-order chi connectivity index (χ1) is 11.7. The predicted molar refractivity (Wildman–Crippen MR) is 88.4 cm³/mol. The van der Waals surface area contributed by atoms with Crippen molar-refractivity contribution in [3.8, 4) is 0 Å². The van der Waals surface area contributed by atoms with Gasteiger partial charge in [0.05, 0.1) is 0 Å². The molecule has 3 heterocycles. The third-order valence-electron chi connectivity index (χ3n) is 4.54. The molecule has 7 nitrogen and oxygen atoms in total. The van der Waals surface area contributed by atoms with Gasteiger partial charge in [0.25, 0.3) is 5.91 Å². The van der Waals surface area contributed by atoms with E-state index in [-0.39, 0.29) is 5.91 Å². The van der Waals surface area contributed by atoms with E-state index in [1.165, 1.54) is 5.56 Å². The summed E-state index contributed by atoms with van der Waals surface area (Å²) >= 11 is 0. The van der Waals surface area contributed by atoms with E-state index in [0.717, 1.165) is 11.4 Å². The molecule has 2 N–H and O–H groups in total. The summed E-state index contributed by atoms with van der Waals surface area (Å²) in [6.07, 6.45) is 2.91. The van der Waals surface area contributed by atoms with Gasteiger partial charge < -0.3 is 4.90 Å². The Morgan fingerprint density at radius 2 is 1.96 bits per heavy atom. The molecule has 4 rings (SSSR count). The SMILES string of the molecule is Cc1ccc(C2=NC3(CCN(C(=O)c4ccn[nH]4)CC3)ON2)cc1. The summed E-state index contributed by atoms with van der Waals surface area (Å²) in [5.74, 6) is 0.722.